The molecule has 2 aromatic rings. The summed E-state index contributed by atoms with van der Waals surface area (Å²) < 4.78 is 5.28. The molecule has 162 valence electrons. The number of carbonyl (C=O) groups excluding carboxylic acids is 2. The summed E-state index contributed by atoms with van der Waals surface area (Å²) in [6, 6.07) is 17.9. The largest absolute Gasteiger partial charge is 0.497 e. The predicted molar refractivity (Wildman–Crippen MR) is 121 cm³/mol. The first kappa shape index (κ1) is 21.2. The van der Waals surface area contributed by atoms with Gasteiger partial charge in [0.1, 0.15) is 5.75 Å². The normalized spacial score (nSPS) is 22.2. The maximum atomic E-state index is 13.9. The number of hydrogen-bond acceptors (Lipinski definition) is 3. The van der Waals surface area contributed by atoms with Crippen LogP contribution >= 0.6 is 0 Å². The van der Waals surface area contributed by atoms with Gasteiger partial charge in [0.05, 0.1) is 18.6 Å². The third-order valence-electron chi connectivity index (χ3n) is 6.86. The van der Waals surface area contributed by atoms with Gasteiger partial charge in [0, 0.05) is 19.0 Å². The van der Waals surface area contributed by atoms with Crippen LogP contribution in [-0.4, -0.2) is 43.0 Å². The van der Waals surface area contributed by atoms with Crippen LogP contribution in [-0.2, 0) is 15.0 Å². The van der Waals surface area contributed by atoms with Crippen molar-refractivity contribution in [3.63, 3.8) is 0 Å². The predicted octanol–water partition coefficient (Wildman–Crippen LogP) is 3.80. The highest BCUT2D eigenvalue weighted by molar-refractivity contribution is 5.90. The highest BCUT2D eigenvalue weighted by Crippen LogP contribution is 2.44. The quantitative estimate of drug-likeness (QED) is 0.726. The van der Waals surface area contributed by atoms with Crippen molar-refractivity contribution in [2.24, 2.45) is 0 Å². The van der Waals surface area contributed by atoms with Crippen molar-refractivity contribution in [3.8, 4) is 5.75 Å². The van der Waals surface area contributed by atoms with Gasteiger partial charge in [-0.25, -0.2) is 0 Å². The van der Waals surface area contributed by atoms with Crippen molar-refractivity contribution in [1.29, 1.82) is 0 Å². The number of hydrogen-bond donors (Lipinski definition) is 1. The lowest BCUT2D eigenvalue weighted by atomic mass is 9.77. The van der Waals surface area contributed by atoms with E-state index < -0.39 is 5.41 Å². The molecule has 31 heavy (non-hydrogen) atoms. The molecule has 4 rings (SSSR count). The van der Waals surface area contributed by atoms with Gasteiger partial charge in [0.2, 0.25) is 11.8 Å². The number of carbonyl (C=O) groups is 2. The molecule has 1 aliphatic heterocycles. The van der Waals surface area contributed by atoms with Crippen LogP contribution in [0.3, 0.4) is 0 Å². The van der Waals surface area contributed by atoms with Crippen LogP contribution in [0.4, 0.5) is 0 Å². The van der Waals surface area contributed by atoms with Crippen LogP contribution in [0.15, 0.2) is 67.3 Å². The molecule has 0 unspecified atom stereocenters. The van der Waals surface area contributed by atoms with Crippen LogP contribution in [0, 0.1) is 0 Å². The summed E-state index contributed by atoms with van der Waals surface area (Å²) in [6.45, 7) is 4.67. The molecule has 1 aliphatic carbocycles. The molecule has 0 spiro atoms. The summed E-state index contributed by atoms with van der Waals surface area (Å²) >= 11 is 0. The molecule has 0 aromatic heterocycles. The Morgan fingerprint density at radius 1 is 1.06 bits per heavy atom. The fraction of sp³-hybridized carbons (Fsp3) is 0.385. The van der Waals surface area contributed by atoms with Crippen molar-refractivity contribution in [1.82, 2.24) is 10.2 Å². The molecule has 2 amide bonds. The highest BCUT2D eigenvalue weighted by atomic mass is 16.5. The number of benzene rings is 2. The fourth-order valence-corrected chi connectivity index (χ4v) is 5.21. The average Bonchev–Trinajstić information content (AvgIpc) is 3.48. The van der Waals surface area contributed by atoms with Crippen molar-refractivity contribution in [2.45, 2.75) is 43.1 Å². The topological polar surface area (TPSA) is 58.6 Å². The number of methoxy groups -OCH3 is 1. The number of rotatable bonds is 6. The smallest absolute Gasteiger partial charge is 0.243 e. The van der Waals surface area contributed by atoms with Gasteiger partial charge >= 0.3 is 0 Å². The van der Waals surface area contributed by atoms with Gasteiger partial charge in [-0.1, -0.05) is 61.9 Å². The zero-order valence-corrected chi connectivity index (χ0v) is 18.0. The number of ether oxygens (including phenoxy) is 1. The first-order valence-corrected chi connectivity index (χ1v) is 11.0. The molecule has 1 N–H and O–H groups in total. The van der Waals surface area contributed by atoms with Crippen molar-refractivity contribution in [2.75, 3.05) is 20.2 Å². The van der Waals surface area contributed by atoms with Crippen molar-refractivity contribution >= 4 is 11.8 Å². The minimum atomic E-state index is -0.455. The Hall–Kier alpha value is -3.08. The molecule has 5 nitrogen and oxygen atoms in total. The van der Waals surface area contributed by atoms with E-state index in [0.29, 0.717) is 13.1 Å². The van der Waals surface area contributed by atoms with Gasteiger partial charge in [-0.15, -0.1) is 0 Å². The van der Waals surface area contributed by atoms with E-state index in [0.717, 1.165) is 42.6 Å². The lowest BCUT2D eigenvalue weighted by Gasteiger charge is -2.33. The lowest BCUT2D eigenvalue weighted by molar-refractivity contribution is -0.136. The Kier molecular flexibility index (Phi) is 6.12. The number of nitrogens with zero attached hydrogens (tertiary/aromatic N) is 1. The van der Waals surface area contributed by atoms with E-state index in [2.05, 4.69) is 24.0 Å². The maximum Gasteiger partial charge on any atom is 0.243 e. The molecule has 0 bridgehead atoms. The number of amides is 2. The molecule has 2 fully saturated rings. The maximum absolute atomic E-state index is 13.9. The van der Waals surface area contributed by atoms with E-state index in [1.165, 1.54) is 6.08 Å². The summed E-state index contributed by atoms with van der Waals surface area (Å²) in [6.07, 6.45) is 5.17. The monoisotopic (exact) mass is 418 g/mol. The Balaban J connectivity index is 1.62. The Bertz CT molecular complexity index is 933. The van der Waals surface area contributed by atoms with Crippen LogP contribution in [0.5, 0.6) is 5.75 Å². The summed E-state index contributed by atoms with van der Waals surface area (Å²) in [5.74, 6) is 0.782. The van der Waals surface area contributed by atoms with Crippen LogP contribution < -0.4 is 10.1 Å². The fourth-order valence-electron chi connectivity index (χ4n) is 5.21. The summed E-state index contributed by atoms with van der Waals surface area (Å²) in [7, 11) is 1.64. The third kappa shape index (κ3) is 4.09. The number of nitrogens with one attached hydrogen (secondary N) is 1. The van der Waals surface area contributed by atoms with Gasteiger partial charge in [-0.3, -0.25) is 9.59 Å². The van der Waals surface area contributed by atoms with E-state index in [-0.39, 0.29) is 23.8 Å². The second-order valence-electron chi connectivity index (χ2n) is 8.56. The average molecular weight is 419 g/mol. The molecule has 1 saturated carbocycles. The minimum absolute atomic E-state index is 0.0213. The van der Waals surface area contributed by atoms with E-state index in [1.54, 1.807) is 7.11 Å². The summed E-state index contributed by atoms with van der Waals surface area (Å²) in [5.41, 5.74) is 1.74. The van der Waals surface area contributed by atoms with E-state index >= 15 is 0 Å². The van der Waals surface area contributed by atoms with Crippen LogP contribution in [0.1, 0.15) is 42.7 Å². The molecule has 1 saturated heterocycles. The molecule has 5 heteroatoms. The van der Waals surface area contributed by atoms with Crippen molar-refractivity contribution in [3.05, 3.63) is 78.4 Å². The summed E-state index contributed by atoms with van der Waals surface area (Å²) in [5, 5.41) is 3.05. The number of likely N-dealkylation sites (tertiary alicyclic amines) is 1. The molecule has 2 aromatic carbocycles. The first-order chi connectivity index (χ1) is 15.1. The van der Waals surface area contributed by atoms with Crippen molar-refractivity contribution < 1.29 is 14.3 Å². The van der Waals surface area contributed by atoms with Gasteiger partial charge in [0.15, 0.2) is 0 Å². The standard InChI is InChI=1S/C26H30N2O3/c1-3-24(29)27-23-18-28(17-22(23)19-11-13-21(31-2)14-12-19)25(30)26(15-7-8-16-26)20-9-5-4-6-10-20/h3-6,9-14,22-23H,1,7-8,15-18H2,2H3,(H,27,29)/t22-,23+/m0/s1. The molecular weight excluding hydrogens is 388 g/mol. The van der Waals surface area contributed by atoms with Gasteiger partial charge in [-0.05, 0) is 42.2 Å². The van der Waals surface area contributed by atoms with E-state index in [9.17, 15) is 9.59 Å². The zero-order valence-electron chi connectivity index (χ0n) is 18.0. The summed E-state index contributed by atoms with van der Waals surface area (Å²) in [4.78, 5) is 28.0. The first-order valence-electron chi connectivity index (χ1n) is 11.0. The molecule has 0 radical (unpaired) electrons. The zero-order chi connectivity index (χ0) is 21.8. The molecule has 2 atom stereocenters. The van der Waals surface area contributed by atoms with E-state index in [4.69, 9.17) is 4.74 Å². The van der Waals surface area contributed by atoms with Gasteiger partial charge in [-0.2, -0.15) is 0 Å². The van der Waals surface area contributed by atoms with Crippen LogP contribution in [0.25, 0.3) is 0 Å². The highest BCUT2D eigenvalue weighted by Gasteiger charge is 2.48. The van der Waals surface area contributed by atoms with Gasteiger partial charge in [0.25, 0.3) is 0 Å². The molecule has 2 aliphatic rings. The van der Waals surface area contributed by atoms with Gasteiger partial charge < -0.3 is 15.0 Å². The molecular formula is C26H30N2O3. The molecule has 1 heterocycles. The third-order valence-corrected chi connectivity index (χ3v) is 6.86. The Morgan fingerprint density at radius 2 is 1.74 bits per heavy atom. The second kappa shape index (κ2) is 8.96. The van der Waals surface area contributed by atoms with Crippen LogP contribution in [0.2, 0.25) is 0 Å². The lowest BCUT2D eigenvalue weighted by Crippen LogP contribution is -2.46. The second-order valence-corrected chi connectivity index (χ2v) is 8.56. The SMILES string of the molecule is C=CC(=O)N[C@@H]1CN(C(=O)C2(c3ccccc3)CCCC2)C[C@H]1c1ccc(OC)cc1. The Labute approximate surface area is 184 Å². The van der Waals surface area contributed by atoms with E-state index in [1.807, 2.05) is 47.4 Å². The Morgan fingerprint density at radius 3 is 2.35 bits per heavy atom. The minimum Gasteiger partial charge on any atom is -0.497 e.